The van der Waals surface area contributed by atoms with Crippen LogP contribution in [0, 0.1) is 5.92 Å². The lowest BCUT2D eigenvalue weighted by atomic mass is 9.98. The molecule has 2 unspecified atom stereocenters. The minimum absolute atomic E-state index is 0.127. The molecular weight excluding hydrogens is 338 g/mol. The van der Waals surface area contributed by atoms with Gasteiger partial charge in [-0.15, -0.1) is 0 Å². The number of alkyl halides is 2. The van der Waals surface area contributed by atoms with Gasteiger partial charge in [0.2, 0.25) is 12.2 Å². The molecule has 1 aliphatic carbocycles. The fourth-order valence-electron chi connectivity index (χ4n) is 2.88. The Bertz CT molecular complexity index is 618. The van der Waals surface area contributed by atoms with Crippen LogP contribution in [0.3, 0.4) is 0 Å². The fourth-order valence-corrected chi connectivity index (χ4v) is 2.88. The highest BCUT2D eigenvalue weighted by Gasteiger charge is 2.49. The quantitative estimate of drug-likeness (QED) is 0.533. The standard InChI is InChI=1S/C16H20F2N2O5/c1-24-12-4-3-10(5-13(12)25-2)7-19-15(23)14(22)11-6-16(17,18)8-20(11)9-21/h4-5,9-11H,3,6-8H2,1-2H3,(H,19,23). The summed E-state index contributed by atoms with van der Waals surface area (Å²) >= 11 is 0. The van der Waals surface area contributed by atoms with Gasteiger partial charge in [-0.3, -0.25) is 14.4 Å². The van der Waals surface area contributed by atoms with Crippen LogP contribution >= 0.6 is 0 Å². The molecule has 7 nitrogen and oxygen atoms in total. The number of carbonyl (C=O) groups excluding carboxylic acids is 3. The molecule has 0 radical (unpaired) electrons. The first-order valence-electron chi connectivity index (χ1n) is 7.72. The van der Waals surface area contributed by atoms with Crippen molar-refractivity contribution in [3.8, 4) is 0 Å². The van der Waals surface area contributed by atoms with E-state index in [4.69, 9.17) is 9.47 Å². The first kappa shape index (κ1) is 18.9. The second kappa shape index (κ2) is 7.62. The highest BCUT2D eigenvalue weighted by molar-refractivity contribution is 6.38. The number of nitrogens with one attached hydrogen (secondary N) is 1. The third-order valence-corrected chi connectivity index (χ3v) is 4.17. The minimum Gasteiger partial charge on any atom is -0.493 e. The van der Waals surface area contributed by atoms with E-state index in [-0.39, 0.29) is 18.9 Å². The molecule has 2 amide bonds. The molecule has 1 saturated heterocycles. The van der Waals surface area contributed by atoms with Crippen molar-refractivity contribution in [1.29, 1.82) is 0 Å². The Balaban J connectivity index is 1.92. The summed E-state index contributed by atoms with van der Waals surface area (Å²) in [7, 11) is 2.99. The normalized spacial score (nSPS) is 24.9. The molecule has 2 aliphatic rings. The minimum atomic E-state index is -3.16. The summed E-state index contributed by atoms with van der Waals surface area (Å²) < 4.78 is 37.0. The second-order valence-electron chi connectivity index (χ2n) is 5.93. The number of hydrogen-bond acceptors (Lipinski definition) is 5. The summed E-state index contributed by atoms with van der Waals surface area (Å²) in [5.41, 5.74) is 0. The number of ketones is 1. The van der Waals surface area contributed by atoms with Gasteiger partial charge in [-0.2, -0.15) is 0 Å². The number of rotatable bonds is 7. The number of Topliss-reactive ketones (excluding diaryl/α,β-unsaturated/α-hetero) is 1. The van der Waals surface area contributed by atoms with Gasteiger partial charge in [0.05, 0.1) is 20.8 Å². The maximum atomic E-state index is 13.4. The maximum absolute atomic E-state index is 13.4. The number of amides is 2. The number of likely N-dealkylation sites (tertiary alicyclic amines) is 1. The van der Waals surface area contributed by atoms with Crippen LogP contribution in [0.15, 0.2) is 23.7 Å². The smallest absolute Gasteiger partial charge is 0.289 e. The van der Waals surface area contributed by atoms with Crippen LogP contribution in [0.4, 0.5) is 8.78 Å². The average molecular weight is 358 g/mol. The first-order valence-corrected chi connectivity index (χ1v) is 7.72. The predicted molar refractivity (Wildman–Crippen MR) is 82.4 cm³/mol. The Morgan fingerprint density at radius 2 is 2.04 bits per heavy atom. The summed E-state index contributed by atoms with van der Waals surface area (Å²) in [6.07, 6.45) is 3.44. The Labute approximate surface area is 143 Å². The molecule has 1 fully saturated rings. The molecule has 1 aliphatic heterocycles. The molecule has 1 N–H and O–H groups in total. The lowest BCUT2D eigenvalue weighted by Gasteiger charge is -2.21. The number of halogens is 2. The van der Waals surface area contributed by atoms with Crippen LogP contribution < -0.4 is 5.32 Å². The topological polar surface area (TPSA) is 84.9 Å². The molecule has 0 aromatic carbocycles. The monoisotopic (exact) mass is 358 g/mol. The van der Waals surface area contributed by atoms with E-state index in [0.717, 1.165) is 0 Å². The van der Waals surface area contributed by atoms with Gasteiger partial charge in [0.15, 0.2) is 11.5 Å². The summed E-state index contributed by atoms with van der Waals surface area (Å²) in [6, 6.07) is -1.43. The van der Waals surface area contributed by atoms with Crippen molar-refractivity contribution in [2.45, 2.75) is 24.8 Å². The van der Waals surface area contributed by atoms with Gasteiger partial charge < -0.3 is 19.7 Å². The number of allylic oxidation sites excluding steroid dienone is 1. The van der Waals surface area contributed by atoms with E-state index in [1.165, 1.54) is 14.2 Å². The molecule has 0 aromatic rings. The number of ether oxygens (including phenoxy) is 2. The number of nitrogens with zero attached hydrogens (tertiary/aromatic N) is 1. The zero-order valence-electron chi connectivity index (χ0n) is 14.0. The maximum Gasteiger partial charge on any atom is 0.289 e. The number of hydrogen-bond donors (Lipinski definition) is 1. The summed E-state index contributed by atoms with van der Waals surface area (Å²) in [5.74, 6) is -4.22. The molecule has 0 spiro atoms. The van der Waals surface area contributed by atoms with Crippen LogP contribution in [0.5, 0.6) is 0 Å². The van der Waals surface area contributed by atoms with Gasteiger partial charge in [-0.05, 0) is 18.6 Å². The van der Waals surface area contributed by atoms with Crippen LogP contribution in [0.2, 0.25) is 0 Å². The van der Waals surface area contributed by atoms with Gasteiger partial charge in [-0.25, -0.2) is 8.78 Å². The van der Waals surface area contributed by atoms with E-state index in [0.29, 0.717) is 22.8 Å². The molecule has 1 heterocycles. The van der Waals surface area contributed by atoms with Gasteiger partial charge in [-0.1, -0.05) is 0 Å². The predicted octanol–water partition coefficient (Wildman–Crippen LogP) is 0.618. The lowest BCUT2D eigenvalue weighted by Crippen LogP contribution is -2.45. The van der Waals surface area contributed by atoms with Crippen molar-refractivity contribution < 1.29 is 32.6 Å². The van der Waals surface area contributed by atoms with Crippen molar-refractivity contribution in [3.63, 3.8) is 0 Å². The average Bonchev–Trinajstić information content (AvgIpc) is 2.93. The largest absolute Gasteiger partial charge is 0.493 e. The zero-order valence-corrected chi connectivity index (χ0v) is 14.0. The number of methoxy groups -OCH3 is 2. The summed E-state index contributed by atoms with van der Waals surface area (Å²) in [4.78, 5) is 35.6. The molecule has 25 heavy (non-hydrogen) atoms. The molecule has 0 aromatic heterocycles. The molecule has 9 heteroatoms. The Morgan fingerprint density at radius 1 is 1.36 bits per heavy atom. The van der Waals surface area contributed by atoms with E-state index in [1.54, 1.807) is 12.2 Å². The third-order valence-electron chi connectivity index (χ3n) is 4.17. The summed E-state index contributed by atoms with van der Waals surface area (Å²) in [5, 5.41) is 2.43. The number of carbonyl (C=O) groups is 3. The van der Waals surface area contributed by atoms with E-state index < -0.39 is 36.6 Å². The van der Waals surface area contributed by atoms with Crippen molar-refractivity contribution in [2.24, 2.45) is 5.92 Å². The van der Waals surface area contributed by atoms with Crippen LogP contribution in [0.1, 0.15) is 12.8 Å². The van der Waals surface area contributed by atoms with E-state index >= 15 is 0 Å². The first-order chi connectivity index (χ1) is 11.8. The second-order valence-corrected chi connectivity index (χ2v) is 5.93. The fraction of sp³-hybridized carbons (Fsp3) is 0.562. The summed E-state index contributed by atoms with van der Waals surface area (Å²) in [6.45, 7) is -0.720. The van der Waals surface area contributed by atoms with Crippen LogP contribution in [-0.4, -0.2) is 62.3 Å². The molecule has 0 bridgehead atoms. The van der Waals surface area contributed by atoms with Gasteiger partial charge in [0.25, 0.3) is 11.8 Å². The Hall–Kier alpha value is -2.45. The molecule has 2 atom stereocenters. The SMILES string of the molecule is COC1=CCC(CNC(=O)C(=O)C2CC(F)(F)CN2C=O)C=C1OC. The zero-order chi connectivity index (χ0) is 18.6. The van der Waals surface area contributed by atoms with Gasteiger partial charge in [0.1, 0.15) is 6.04 Å². The van der Waals surface area contributed by atoms with Crippen molar-refractivity contribution in [2.75, 3.05) is 27.3 Å². The van der Waals surface area contributed by atoms with E-state index in [2.05, 4.69) is 5.32 Å². The van der Waals surface area contributed by atoms with Crippen molar-refractivity contribution in [1.82, 2.24) is 10.2 Å². The van der Waals surface area contributed by atoms with Gasteiger partial charge >= 0.3 is 0 Å². The molecule has 138 valence electrons. The van der Waals surface area contributed by atoms with Gasteiger partial charge in [0, 0.05) is 18.9 Å². The van der Waals surface area contributed by atoms with Crippen molar-refractivity contribution >= 4 is 18.1 Å². The molecular formula is C16H20F2N2O5. The van der Waals surface area contributed by atoms with Crippen molar-refractivity contribution in [3.05, 3.63) is 23.7 Å². The molecule has 2 rings (SSSR count). The Morgan fingerprint density at radius 3 is 2.64 bits per heavy atom. The van der Waals surface area contributed by atoms with Crippen LogP contribution in [0.25, 0.3) is 0 Å². The van der Waals surface area contributed by atoms with Crippen LogP contribution in [-0.2, 0) is 23.9 Å². The highest BCUT2D eigenvalue weighted by atomic mass is 19.3. The molecule has 0 saturated carbocycles. The van der Waals surface area contributed by atoms with E-state index in [9.17, 15) is 23.2 Å². The Kier molecular flexibility index (Phi) is 5.76. The highest BCUT2D eigenvalue weighted by Crippen LogP contribution is 2.31. The van der Waals surface area contributed by atoms with E-state index in [1.807, 2.05) is 0 Å². The third kappa shape index (κ3) is 4.34. The lowest BCUT2D eigenvalue weighted by molar-refractivity contribution is -0.141.